The molecule has 1 aromatic heterocycles. The average molecular weight is 264 g/mol. The Hall–Kier alpha value is -1.36. The fourth-order valence-corrected chi connectivity index (χ4v) is 2.42. The zero-order chi connectivity index (χ0) is 13.5. The molecule has 5 nitrogen and oxygen atoms in total. The van der Waals surface area contributed by atoms with Crippen molar-refractivity contribution < 1.29 is 4.74 Å². The van der Waals surface area contributed by atoms with E-state index in [2.05, 4.69) is 27.1 Å². The first-order valence-corrected chi connectivity index (χ1v) is 7.18. The third kappa shape index (κ3) is 4.06. The van der Waals surface area contributed by atoms with Crippen LogP contribution in [0.1, 0.15) is 32.6 Å². The number of nitrogens with zero attached hydrogens (tertiary/aromatic N) is 3. The molecule has 0 spiro atoms. The molecule has 0 amide bonds. The van der Waals surface area contributed by atoms with Gasteiger partial charge in [0.1, 0.15) is 0 Å². The number of hydrogen-bond acceptors (Lipinski definition) is 5. The van der Waals surface area contributed by atoms with Gasteiger partial charge in [-0.05, 0) is 25.8 Å². The van der Waals surface area contributed by atoms with Crippen LogP contribution in [0.3, 0.4) is 0 Å². The summed E-state index contributed by atoms with van der Waals surface area (Å²) in [5, 5.41) is 3.54. The summed E-state index contributed by atoms with van der Waals surface area (Å²) >= 11 is 0. The van der Waals surface area contributed by atoms with Crippen molar-refractivity contribution in [3.8, 4) is 5.88 Å². The second-order valence-electron chi connectivity index (χ2n) is 5.01. The standard InChI is InChI=1S/C14H24N4O/c1-3-4-8-18(11-12-6-5-7-16-12)13-9-15-10-14(17-13)19-2/h9-10,12,16H,3-8,11H2,1-2H3. The maximum atomic E-state index is 5.16. The molecule has 19 heavy (non-hydrogen) atoms. The van der Waals surface area contributed by atoms with E-state index in [0.29, 0.717) is 11.9 Å². The van der Waals surface area contributed by atoms with E-state index in [-0.39, 0.29) is 0 Å². The molecule has 0 bridgehead atoms. The number of unbranched alkanes of at least 4 members (excludes halogenated alkanes) is 1. The highest BCUT2D eigenvalue weighted by atomic mass is 16.5. The maximum Gasteiger partial charge on any atom is 0.233 e. The van der Waals surface area contributed by atoms with E-state index in [0.717, 1.165) is 25.5 Å². The largest absolute Gasteiger partial charge is 0.480 e. The van der Waals surface area contributed by atoms with E-state index in [1.807, 2.05) is 6.20 Å². The van der Waals surface area contributed by atoms with Crippen molar-refractivity contribution >= 4 is 5.82 Å². The van der Waals surface area contributed by atoms with E-state index in [4.69, 9.17) is 4.74 Å². The number of nitrogens with one attached hydrogen (secondary N) is 1. The first-order chi connectivity index (χ1) is 9.33. The Morgan fingerprint density at radius 1 is 1.47 bits per heavy atom. The smallest absolute Gasteiger partial charge is 0.233 e. The molecular formula is C14H24N4O. The Labute approximate surface area is 115 Å². The lowest BCUT2D eigenvalue weighted by Gasteiger charge is -2.26. The van der Waals surface area contributed by atoms with Gasteiger partial charge in [-0.1, -0.05) is 13.3 Å². The normalized spacial score (nSPS) is 18.5. The molecule has 1 unspecified atom stereocenters. The van der Waals surface area contributed by atoms with Crippen molar-refractivity contribution in [2.75, 3.05) is 31.6 Å². The lowest BCUT2D eigenvalue weighted by molar-refractivity contribution is 0.395. The summed E-state index contributed by atoms with van der Waals surface area (Å²) < 4.78 is 5.16. The predicted octanol–water partition coefficient (Wildman–Crippen LogP) is 1.84. The Balaban J connectivity index is 2.05. The highest BCUT2D eigenvalue weighted by Crippen LogP contribution is 2.17. The van der Waals surface area contributed by atoms with Crippen LogP contribution in [0.25, 0.3) is 0 Å². The monoisotopic (exact) mass is 264 g/mol. The van der Waals surface area contributed by atoms with Crippen LogP contribution in [0, 0.1) is 0 Å². The van der Waals surface area contributed by atoms with Crippen LogP contribution in [0.15, 0.2) is 12.4 Å². The molecule has 1 fully saturated rings. The van der Waals surface area contributed by atoms with Gasteiger partial charge in [-0.2, -0.15) is 4.98 Å². The number of aromatic nitrogens is 2. The number of hydrogen-bond donors (Lipinski definition) is 1. The minimum atomic E-state index is 0.574. The zero-order valence-corrected chi connectivity index (χ0v) is 11.9. The van der Waals surface area contributed by atoms with Gasteiger partial charge < -0.3 is 15.0 Å². The first kappa shape index (κ1) is 14.1. The van der Waals surface area contributed by atoms with Crippen molar-refractivity contribution in [1.29, 1.82) is 0 Å². The molecular weight excluding hydrogens is 240 g/mol. The quantitative estimate of drug-likeness (QED) is 0.814. The Morgan fingerprint density at radius 2 is 2.37 bits per heavy atom. The molecule has 106 valence electrons. The molecule has 1 aliphatic rings. The molecule has 0 aromatic carbocycles. The minimum Gasteiger partial charge on any atom is -0.480 e. The molecule has 1 aliphatic heterocycles. The molecule has 2 heterocycles. The van der Waals surface area contributed by atoms with E-state index in [9.17, 15) is 0 Å². The summed E-state index contributed by atoms with van der Waals surface area (Å²) in [5.74, 6) is 1.50. The van der Waals surface area contributed by atoms with Crippen molar-refractivity contribution in [1.82, 2.24) is 15.3 Å². The summed E-state index contributed by atoms with van der Waals surface area (Å²) in [6.45, 7) is 5.37. The van der Waals surface area contributed by atoms with Gasteiger partial charge in [0.25, 0.3) is 0 Å². The maximum absolute atomic E-state index is 5.16. The Morgan fingerprint density at radius 3 is 3.05 bits per heavy atom. The highest BCUT2D eigenvalue weighted by Gasteiger charge is 2.19. The van der Waals surface area contributed by atoms with Gasteiger partial charge in [0.05, 0.1) is 19.5 Å². The van der Waals surface area contributed by atoms with E-state index in [1.54, 1.807) is 13.3 Å². The van der Waals surface area contributed by atoms with Crippen LogP contribution in [0.4, 0.5) is 5.82 Å². The van der Waals surface area contributed by atoms with Crippen LogP contribution in [-0.2, 0) is 0 Å². The fourth-order valence-electron chi connectivity index (χ4n) is 2.42. The van der Waals surface area contributed by atoms with Crippen molar-refractivity contribution in [3.05, 3.63) is 12.4 Å². The topological polar surface area (TPSA) is 50.3 Å². The van der Waals surface area contributed by atoms with Gasteiger partial charge in [-0.25, -0.2) is 0 Å². The number of ether oxygens (including phenoxy) is 1. The van der Waals surface area contributed by atoms with E-state index < -0.39 is 0 Å². The Kier molecular flexibility index (Phi) is 5.39. The molecule has 1 saturated heterocycles. The summed E-state index contributed by atoms with van der Waals surface area (Å²) in [7, 11) is 1.63. The van der Waals surface area contributed by atoms with Crippen molar-refractivity contribution in [2.24, 2.45) is 0 Å². The number of anilines is 1. The summed E-state index contributed by atoms with van der Waals surface area (Å²) in [6, 6.07) is 0.574. The van der Waals surface area contributed by atoms with E-state index in [1.165, 1.54) is 25.7 Å². The molecule has 1 atom stereocenters. The molecule has 0 saturated carbocycles. The van der Waals surface area contributed by atoms with Crippen LogP contribution in [-0.4, -0.2) is 42.8 Å². The fraction of sp³-hybridized carbons (Fsp3) is 0.714. The van der Waals surface area contributed by atoms with Gasteiger partial charge in [0.2, 0.25) is 5.88 Å². The molecule has 2 rings (SSSR count). The van der Waals surface area contributed by atoms with Crippen LogP contribution >= 0.6 is 0 Å². The summed E-state index contributed by atoms with van der Waals surface area (Å²) in [5.41, 5.74) is 0. The second kappa shape index (κ2) is 7.28. The van der Waals surface area contributed by atoms with Crippen LogP contribution in [0.5, 0.6) is 5.88 Å². The van der Waals surface area contributed by atoms with Crippen LogP contribution in [0.2, 0.25) is 0 Å². The summed E-state index contributed by atoms with van der Waals surface area (Å²) in [6.07, 6.45) is 8.36. The number of methoxy groups -OCH3 is 1. The van der Waals surface area contributed by atoms with Gasteiger partial charge in [-0.15, -0.1) is 0 Å². The van der Waals surface area contributed by atoms with Gasteiger partial charge >= 0.3 is 0 Å². The molecule has 0 aliphatic carbocycles. The molecule has 1 aromatic rings. The third-order valence-corrected chi connectivity index (χ3v) is 3.52. The average Bonchev–Trinajstić information content (AvgIpc) is 2.96. The van der Waals surface area contributed by atoms with Crippen molar-refractivity contribution in [2.45, 2.75) is 38.6 Å². The van der Waals surface area contributed by atoms with Gasteiger partial charge in [0.15, 0.2) is 5.82 Å². The van der Waals surface area contributed by atoms with Crippen LogP contribution < -0.4 is 15.0 Å². The van der Waals surface area contributed by atoms with Gasteiger partial charge in [-0.3, -0.25) is 4.98 Å². The van der Waals surface area contributed by atoms with Crippen molar-refractivity contribution in [3.63, 3.8) is 0 Å². The first-order valence-electron chi connectivity index (χ1n) is 7.18. The second-order valence-corrected chi connectivity index (χ2v) is 5.01. The highest BCUT2D eigenvalue weighted by molar-refractivity contribution is 5.37. The lowest BCUT2D eigenvalue weighted by atomic mass is 10.2. The SMILES string of the molecule is CCCCN(CC1CCCN1)c1cncc(OC)n1. The molecule has 1 N–H and O–H groups in total. The number of rotatable bonds is 7. The predicted molar refractivity (Wildman–Crippen MR) is 76.7 cm³/mol. The van der Waals surface area contributed by atoms with E-state index >= 15 is 0 Å². The lowest BCUT2D eigenvalue weighted by Crippen LogP contribution is -2.38. The van der Waals surface area contributed by atoms with Gasteiger partial charge in [0, 0.05) is 19.1 Å². The third-order valence-electron chi connectivity index (χ3n) is 3.52. The summed E-state index contributed by atoms with van der Waals surface area (Å²) in [4.78, 5) is 11.0. The minimum absolute atomic E-state index is 0.574. The Bertz CT molecular complexity index is 379. The zero-order valence-electron chi connectivity index (χ0n) is 11.9. The molecule has 5 heteroatoms. The molecule has 0 radical (unpaired) electrons.